The van der Waals surface area contributed by atoms with Gasteiger partial charge >= 0.3 is 0 Å². The number of hydrogen-bond donors (Lipinski definition) is 0. The SMILES string of the molecule is COc1c(OC)c(C=NC(C)(C)C)c2c(OC)c(-c3c(C)cc4c(C(C)C)c(OC)c(OC)c(C=NC(C)(C)C)c4c3OC)c(C)cc2c1C(C)C. The number of aliphatic imine (C=N–C) groups is 2. The van der Waals surface area contributed by atoms with Crippen LogP contribution in [-0.2, 0) is 0 Å². The molecule has 0 radical (unpaired) electrons. The van der Waals surface area contributed by atoms with Crippen LogP contribution < -0.4 is 28.4 Å². The molecule has 0 N–H and O–H groups in total. The molecule has 0 atom stereocenters. The minimum Gasteiger partial charge on any atom is -0.495 e. The number of methoxy groups -OCH3 is 6. The molecule has 0 spiro atoms. The lowest BCUT2D eigenvalue weighted by atomic mass is 9.83. The van der Waals surface area contributed by atoms with E-state index < -0.39 is 0 Å². The van der Waals surface area contributed by atoms with Crippen LogP contribution in [0.4, 0.5) is 0 Å². The normalized spacial score (nSPS) is 12.6. The molecule has 8 heteroatoms. The molecule has 0 fully saturated rings. The molecule has 0 aromatic heterocycles. The average molecular weight is 713 g/mol. The maximum atomic E-state index is 6.52. The molecule has 0 bridgehead atoms. The lowest BCUT2D eigenvalue weighted by molar-refractivity contribution is 0.351. The minimum absolute atomic E-state index is 0.119. The summed E-state index contributed by atoms with van der Waals surface area (Å²) in [7, 11) is 10.2. The van der Waals surface area contributed by atoms with Crippen LogP contribution in [0, 0.1) is 13.8 Å². The average Bonchev–Trinajstić information content (AvgIpc) is 3.06. The summed E-state index contributed by atoms with van der Waals surface area (Å²) in [6.45, 7) is 25.4. The van der Waals surface area contributed by atoms with Crippen LogP contribution in [0.25, 0.3) is 32.7 Å². The summed E-state index contributed by atoms with van der Waals surface area (Å²) in [5.41, 5.74) is 6.86. The second kappa shape index (κ2) is 15.3. The number of ether oxygens (including phenoxy) is 6. The van der Waals surface area contributed by atoms with E-state index in [0.717, 1.165) is 66.1 Å². The number of rotatable bonds is 11. The lowest BCUT2D eigenvalue weighted by Crippen LogP contribution is -2.11. The Morgan fingerprint density at radius 3 is 1.00 bits per heavy atom. The monoisotopic (exact) mass is 712 g/mol. The molecule has 0 aliphatic carbocycles. The molecular weight excluding hydrogens is 652 g/mol. The zero-order valence-electron chi connectivity index (χ0n) is 34.8. The van der Waals surface area contributed by atoms with Gasteiger partial charge in [0.05, 0.1) is 53.7 Å². The number of nitrogens with zero attached hydrogens (tertiary/aromatic N) is 2. The quantitative estimate of drug-likeness (QED) is 0.144. The Morgan fingerprint density at radius 2 is 0.769 bits per heavy atom. The molecular formula is C44H60N2O6. The Bertz CT molecular complexity index is 1890. The van der Waals surface area contributed by atoms with Crippen LogP contribution in [0.2, 0.25) is 0 Å². The number of aryl methyl sites for hydroxylation is 2. The third kappa shape index (κ3) is 7.26. The van der Waals surface area contributed by atoms with E-state index in [1.165, 1.54) is 0 Å². The van der Waals surface area contributed by atoms with Crippen LogP contribution in [0.15, 0.2) is 22.1 Å². The van der Waals surface area contributed by atoms with Crippen LogP contribution in [0.3, 0.4) is 0 Å². The van der Waals surface area contributed by atoms with Gasteiger partial charge < -0.3 is 28.4 Å². The summed E-state index contributed by atoms with van der Waals surface area (Å²) in [6.07, 6.45) is 3.79. The van der Waals surface area contributed by atoms with Gasteiger partial charge in [-0.1, -0.05) is 39.8 Å². The number of hydrogen-bond acceptors (Lipinski definition) is 8. The molecule has 8 nitrogen and oxygen atoms in total. The summed E-state index contributed by atoms with van der Waals surface area (Å²) in [4.78, 5) is 9.92. The van der Waals surface area contributed by atoms with Crippen LogP contribution in [-0.4, -0.2) is 66.2 Å². The third-order valence-corrected chi connectivity index (χ3v) is 9.26. The van der Waals surface area contributed by atoms with Gasteiger partial charge in [-0.25, -0.2) is 0 Å². The molecule has 0 unspecified atom stereocenters. The fourth-order valence-electron chi connectivity index (χ4n) is 7.24. The van der Waals surface area contributed by atoms with Crippen LogP contribution in [0.1, 0.15) is 114 Å². The van der Waals surface area contributed by atoms with E-state index in [2.05, 4.69) is 95.2 Å². The first-order valence-corrected chi connectivity index (χ1v) is 18.0. The van der Waals surface area contributed by atoms with E-state index in [9.17, 15) is 0 Å². The van der Waals surface area contributed by atoms with Gasteiger partial charge in [-0.15, -0.1) is 0 Å². The fraction of sp³-hybridized carbons (Fsp3) is 0.500. The summed E-state index contributed by atoms with van der Waals surface area (Å²) in [6, 6.07) is 4.47. The van der Waals surface area contributed by atoms with Crippen molar-refractivity contribution in [2.75, 3.05) is 42.7 Å². The van der Waals surface area contributed by atoms with Gasteiger partial charge in [-0.05, 0) is 89.1 Å². The van der Waals surface area contributed by atoms with E-state index in [0.29, 0.717) is 34.5 Å². The minimum atomic E-state index is -0.334. The standard InChI is InChI=1S/C44H60N2O6/c1-23(2)31-27-19-25(5)33(39(49-15)35(27)29(21-45-43(7,8)9)37(47-13)41(31)51-17)34-26(6)20-28-32(24(3)4)42(52-18)38(48-14)30(22-46-44(10,11)12)36(28)40(34)50-16/h19-24H,1-18H3. The third-order valence-electron chi connectivity index (χ3n) is 9.26. The summed E-state index contributed by atoms with van der Waals surface area (Å²) < 4.78 is 37.5. The molecule has 4 aromatic carbocycles. The second-order valence-corrected chi connectivity index (χ2v) is 16.0. The van der Waals surface area contributed by atoms with Crippen molar-refractivity contribution in [1.82, 2.24) is 0 Å². The van der Waals surface area contributed by atoms with Crippen molar-refractivity contribution in [3.8, 4) is 45.6 Å². The molecule has 0 amide bonds. The Hall–Kier alpha value is -4.46. The molecule has 4 rings (SSSR count). The van der Waals surface area contributed by atoms with Gasteiger partial charge in [0, 0.05) is 56.6 Å². The summed E-state index contributed by atoms with van der Waals surface area (Å²) in [5.74, 6) is 4.24. The van der Waals surface area contributed by atoms with E-state index in [-0.39, 0.29) is 22.9 Å². The molecule has 0 saturated carbocycles. The van der Waals surface area contributed by atoms with Crippen molar-refractivity contribution in [3.05, 3.63) is 45.5 Å². The van der Waals surface area contributed by atoms with Crippen LogP contribution in [0.5, 0.6) is 34.5 Å². The van der Waals surface area contributed by atoms with Crippen LogP contribution >= 0.6 is 0 Å². The Balaban J connectivity index is 2.41. The van der Waals surface area contributed by atoms with Gasteiger partial charge in [0.25, 0.3) is 0 Å². The van der Waals surface area contributed by atoms with Gasteiger partial charge in [0.2, 0.25) is 0 Å². The van der Waals surface area contributed by atoms with E-state index >= 15 is 0 Å². The topological polar surface area (TPSA) is 80.1 Å². The van der Waals surface area contributed by atoms with Crippen molar-refractivity contribution in [3.63, 3.8) is 0 Å². The van der Waals surface area contributed by atoms with Gasteiger partial charge in [0.15, 0.2) is 23.0 Å². The van der Waals surface area contributed by atoms with Crippen molar-refractivity contribution in [2.24, 2.45) is 9.98 Å². The largest absolute Gasteiger partial charge is 0.495 e. The highest BCUT2D eigenvalue weighted by Gasteiger charge is 2.32. The summed E-state index contributed by atoms with van der Waals surface area (Å²) >= 11 is 0. The fourth-order valence-corrected chi connectivity index (χ4v) is 7.24. The number of fused-ring (bicyclic) bond motifs is 2. The Labute approximate surface area is 311 Å². The molecule has 0 aliphatic heterocycles. The highest BCUT2D eigenvalue weighted by molar-refractivity contribution is 6.15. The van der Waals surface area contributed by atoms with E-state index in [1.807, 2.05) is 12.4 Å². The second-order valence-electron chi connectivity index (χ2n) is 16.0. The van der Waals surface area contributed by atoms with E-state index in [1.54, 1.807) is 42.7 Å². The van der Waals surface area contributed by atoms with Gasteiger partial charge in [-0.3, -0.25) is 9.98 Å². The highest BCUT2D eigenvalue weighted by atomic mass is 16.5. The molecule has 0 saturated heterocycles. The van der Waals surface area contributed by atoms with E-state index in [4.69, 9.17) is 38.4 Å². The van der Waals surface area contributed by atoms with Crippen molar-refractivity contribution in [1.29, 1.82) is 0 Å². The predicted molar refractivity (Wildman–Crippen MR) is 219 cm³/mol. The van der Waals surface area contributed by atoms with Crippen molar-refractivity contribution in [2.45, 2.75) is 106 Å². The Kier molecular flexibility index (Phi) is 11.8. The predicted octanol–water partition coefficient (Wildman–Crippen LogP) is 11.0. The van der Waals surface area contributed by atoms with Crippen molar-refractivity contribution < 1.29 is 28.4 Å². The maximum Gasteiger partial charge on any atom is 0.170 e. The first-order chi connectivity index (χ1) is 24.3. The summed E-state index contributed by atoms with van der Waals surface area (Å²) in [5, 5.41) is 3.82. The molecule has 282 valence electrons. The maximum absolute atomic E-state index is 6.52. The van der Waals surface area contributed by atoms with Crippen molar-refractivity contribution >= 4 is 34.0 Å². The molecule has 0 aliphatic rings. The molecule has 0 heterocycles. The van der Waals surface area contributed by atoms with Gasteiger partial charge in [0.1, 0.15) is 11.5 Å². The smallest absolute Gasteiger partial charge is 0.170 e. The highest BCUT2D eigenvalue weighted by Crippen LogP contribution is 2.55. The zero-order chi connectivity index (χ0) is 39.0. The van der Waals surface area contributed by atoms with Gasteiger partial charge in [-0.2, -0.15) is 0 Å². The Morgan fingerprint density at radius 1 is 0.481 bits per heavy atom. The zero-order valence-corrected chi connectivity index (χ0v) is 34.8. The molecule has 4 aromatic rings. The first kappa shape index (κ1) is 40.3. The lowest BCUT2D eigenvalue weighted by Gasteiger charge is -2.27. The number of benzene rings is 4. The molecule has 52 heavy (non-hydrogen) atoms. The first-order valence-electron chi connectivity index (χ1n) is 18.0.